The summed E-state index contributed by atoms with van der Waals surface area (Å²) in [5, 5.41) is 6.74. The first-order valence-electron chi connectivity index (χ1n) is 10.2. The molecule has 0 aliphatic carbocycles. The topological polar surface area (TPSA) is 69.2 Å². The minimum Gasteiger partial charge on any atom is -0.494 e. The smallest absolute Gasteiger partial charge is 0.243 e. The van der Waals surface area contributed by atoms with Gasteiger partial charge < -0.3 is 20.3 Å². The molecule has 2 N–H and O–H groups in total. The molecule has 1 aliphatic rings. The molecule has 1 amide bonds. The van der Waals surface area contributed by atoms with E-state index < -0.39 is 0 Å². The molecule has 1 aromatic rings. The molecule has 1 aliphatic heterocycles. The van der Waals surface area contributed by atoms with Crippen LogP contribution in [0, 0.1) is 5.82 Å². The molecule has 1 saturated heterocycles. The van der Waals surface area contributed by atoms with Crippen molar-refractivity contribution in [3.05, 3.63) is 29.6 Å². The van der Waals surface area contributed by atoms with Gasteiger partial charge in [0.15, 0.2) is 17.5 Å². The van der Waals surface area contributed by atoms with Crippen LogP contribution < -0.4 is 15.4 Å². The van der Waals surface area contributed by atoms with E-state index in [1.54, 1.807) is 31.1 Å². The fourth-order valence-electron chi connectivity index (χ4n) is 3.18. The molecule has 29 heavy (non-hydrogen) atoms. The highest BCUT2D eigenvalue weighted by molar-refractivity contribution is 5.84. The van der Waals surface area contributed by atoms with Crippen LogP contribution in [0.1, 0.15) is 31.7 Å². The van der Waals surface area contributed by atoms with Crippen molar-refractivity contribution >= 4 is 11.9 Å². The lowest BCUT2D eigenvalue weighted by atomic mass is 10.0. The van der Waals surface area contributed by atoms with Gasteiger partial charge in [-0.05, 0) is 37.0 Å². The fourth-order valence-corrected chi connectivity index (χ4v) is 3.18. The Labute approximate surface area is 173 Å². The molecular weight excluding hydrogens is 373 g/mol. The van der Waals surface area contributed by atoms with Gasteiger partial charge in [-0.25, -0.2) is 9.38 Å². The average molecular weight is 408 g/mol. The summed E-state index contributed by atoms with van der Waals surface area (Å²) in [4.78, 5) is 20.1. The summed E-state index contributed by atoms with van der Waals surface area (Å²) in [6.07, 6.45) is 2.92. The lowest BCUT2D eigenvalue weighted by molar-refractivity contribution is -0.127. The Morgan fingerprint density at radius 2 is 2.07 bits per heavy atom. The Kier molecular flexibility index (Phi) is 9.18. The number of likely N-dealkylation sites (N-methyl/N-ethyl adjacent to an activating group) is 1. The monoisotopic (exact) mass is 407 g/mol. The second-order valence-corrected chi connectivity index (χ2v) is 7.54. The number of likely N-dealkylation sites (tertiary alicyclic amines) is 1. The average Bonchev–Trinajstić information content (AvgIpc) is 2.71. The molecule has 0 bridgehead atoms. The zero-order valence-electron chi connectivity index (χ0n) is 18.0. The van der Waals surface area contributed by atoms with E-state index in [2.05, 4.69) is 27.4 Å². The molecule has 7 nitrogen and oxygen atoms in total. The highest BCUT2D eigenvalue weighted by Crippen LogP contribution is 2.20. The van der Waals surface area contributed by atoms with Crippen molar-refractivity contribution in [1.29, 1.82) is 0 Å². The van der Waals surface area contributed by atoms with Gasteiger partial charge in [-0.15, -0.1) is 0 Å². The fraction of sp³-hybridized carbons (Fsp3) is 0.619. The minimum absolute atomic E-state index is 0.0239. The summed E-state index contributed by atoms with van der Waals surface area (Å²) in [5.74, 6) is 0.620. The number of methoxy groups -OCH3 is 1. The number of guanidine groups is 1. The van der Waals surface area contributed by atoms with Gasteiger partial charge in [0.2, 0.25) is 5.91 Å². The Morgan fingerprint density at radius 3 is 2.66 bits per heavy atom. The molecule has 1 fully saturated rings. The molecule has 2 rings (SSSR count). The van der Waals surface area contributed by atoms with E-state index in [9.17, 15) is 9.18 Å². The zero-order chi connectivity index (χ0) is 21.2. The number of nitrogens with zero attached hydrogens (tertiary/aromatic N) is 3. The number of piperidine rings is 1. The molecule has 0 spiro atoms. The number of hydrogen-bond donors (Lipinski definition) is 2. The number of amides is 1. The van der Waals surface area contributed by atoms with Crippen molar-refractivity contribution in [2.75, 3.05) is 47.4 Å². The van der Waals surface area contributed by atoms with Gasteiger partial charge in [0.25, 0.3) is 0 Å². The second-order valence-electron chi connectivity index (χ2n) is 7.54. The molecule has 0 saturated carbocycles. The molecule has 0 aromatic heterocycles. The summed E-state index contributed by atoms with van der Waals surface area (Å²) in [5.41, 5.74) is 0.948. The van der Waals surface area contributed by atoms with Crippen LogP contribution in [0.15, 0.2) is 23.2 Å². The van der Waals surface area contributed by atoms with Gasteiger partial charge in [0.1, 0.15) is 6.54 Å². The Hall–Kier alpha value is -2.35. The Morgan fingerprint density at radius 1 is 1.34 bits per heavy atom. The summed E-state index contributed by atoms with van der Waals surface area (Å²) in [6, 6.07) is 5.44. The highest BCUT2D eigenvalue weighted by Gasteiger charge is 2.20. The molecule has 1 aromatic carbocycles. The summed E-state index contributed by atoms with van der Waals surface area (Å²) < 4.78 is 18.9. The van der Waals surface area contributed by atoms with E-state index in [1.165, 1.54) is 7.11 Å². The van der Waals surface area contributed by atoms with Crippen LogP contribution in [0.5, 0.6) is 5.75 Å². The van der Waals surface area contributed by atoms with Crippen molar-refractivity contribution < 1.29 is 13.9 Å². The molecule has 0 atom stereocenters. The Balaban J connectivity index is 1.85. The predicted octanol–water partition coefficient (Wildman–Crippen LogP) is 1.83. The van der Waals surface area contributed by atoms with Gasteiger partial charge in [-0.3, -0.25) is 9.69 Å². The van der Waals surface area contributed by atoms with Crippen LogP contribution in [-0.2, 0) is 11.3 Å². The van der Waals surface area contributed by atoms with E-state index >= 15 is 0 Å². The van der Waals surface area contributed by atoms with E-state index in [4.69, 9.17) is 4.74 Å². The number of halogens is 1. The van der Waals surface area contributed by atoms with Crippen LogP contribution in [0.3, 0.4) is 0 Å². The van der Waals surface area contributed by atoms with Gasteiger partial charge in [0.05, 0.1) is 7.11 Å². The highest BCUT2D eigenvalue weighted by atomic mass is 19.1. The SMILES string of the molecule is CCCNC(=NCC(=O)N(C)C)NC1CCN(Cc2ccc(OC)c(F)c2)CC1. The van der Waals surface area contributed by atoms with Crippen molar-refractivity contribution in [3.63, 3.8) is 0 Å². The molecule has 8 heteroatoms. The van der Waals surface area contributed by atoms with Gasteiger partial charge in [0, 0.05) is 46.3 Å². The van der Waals surface area contributed by atoms with E-state index in [-0.39, 0.29) is 24.0 Å². The first-order valence-corrected chi connectivity index (χ1v) is 10.2. The maximum atomic E-state index is 13.9. The molecule has 0 unspecified atom stereocenters. The number of rotatable bonds is 8. The van der Waals surface area contributed by atoms with E-state index in [0.717, 1.165) is 51.0 Å². The standard InChI is InChI=1S/C21H34FN5O2/c1-5-10-23-21(24-14-20(28)26(2)3)25-17-8-11-27(12-9-17)15-16-6-7-19(29-4)18(22)13-16/h6-7,13,17H,5,8-12,14-15H2,1-4H3,(H2,23,24,25). The predicted molar refractivity (Wildman–Crippen MR) is 114 cm³/mol. The van der Waals surface area contributed by atoms with E-state index in [1.807, 2.05) is 6.07 Å². The van der Waals surface area contributed by atoms with Crippen LogP contribution in [0.4, 0.5) is 4.39 Å². The number of hydrogen-bond acceptors (Lipinski definition) is 4. The summed E-state index contributed by atoms with van der Waals surface area (Å²) in [7, 11) is 4.93. The Bertz CT molecular complexity index is 688. The number of ether oxygens (including phenoxy) is 1. The maximum Gasteiger partial charge on any atom is 0.243 e. The third-order valence-electron chi connectivity index (χ3n) is 4.96. The van der Waals surface area contributed by atoms with E-state index in [0.29, 0.717) is 12.0 Å². The number of benzene rings is 1. The summed E-state index contributed by atoms with van der Waals surface area (Å²) >= 11 is 0. The normalized spacial score (nSPS) is 15.8. The quantitative estimate of drug-likeness (QED) is 0.508. The minimum atomic E-state index is -0.323. The lowest BCUT2D eigenvalue weighted by Crippen LogP contribution is -2.49. The van der Waals surface area contributed by atoms with Gasteiger partial charge in [-0.1, -0.05) is 13.0 Å². The third kappa shape index (κ3) is 7.53. The molecule has 1 heterocycles. The van der Waals surface area contributed by atoms with Gasteiger partial charge >= 0.3 is 0 Å². The number of carbonyl (C=O) groups is 1. The van der Waals surface area contributed by atoms with Gasteiger partial charge in [-0.2, -0.15) is 0 Å². The van der Waals surface area contributed by atoms with Crippen LogP contribution in [0.25, 0.3) is 0 Å². The lowest BCUT2D eigenvalue weighted by Gasteiger charge is -2.33. The van der Waals surface area contributed by atoms with Crippen molar-refractivity contribution in [2.24, 2.45) is 4.99 Å². The third-order valence-corrected chi connectivity index (χ3v) is 4.96. The van der Waals surface area contributed by atoms with Crippen LogP contribution in [-0.4, -0.2) is 75.1 Å². The molecule has 0 radical (unpaired) electrons. The largest absolute Gasteiger partial charge is 0.494 e. The number of aliphatic imine (C=N–C) groups is 1. The molecular formula is C21H34FN5O2. The maximum absolute atomic E-state index is 13.9. The first kappa shape index (κ1) is 22.9. The van der Waals surface area contributed by atoms with Crippen molar-refractivity contribution in [1.82, 2.24) is 20.4 Å². The van der Waals surface area contributed by atoms with Crippen LogP contribution >= 0.6 is 0 Å². The molecule has 162 valence electrons. The second kappa shape index (κ2) is 11.6. The zero-order valence-corrected chi connectivity index (χ0v) is 18.0. The number of carbonyl (C=O) groups excluding carboxylic acids is 1. The number of nitrogens with one attached hydrogen (secondary N) is 2. The van der Waals surface area contributed by atoms with Crippen molar-refractivity contribution in [2.45, 2.75) is 38.8 Å². The van der Waals surface area contributed by atoms with Crippen molar-refractivity contribution in [3.8, 4) is 5.75 Å². The van der Waals surface area contributed by atoms with Crippen LogP contribution in [0.2, 0.25) is 0 Å². The first-order chi connectivity index (χ1) is 13.9. The summed E-state index contributed by atoms with van der Waals surface area (Å²) in [6.45, 7) is 5.60.